The average molecular weight is 222 g/mol. The van der Waals surface area contributed by atoms with Crippen LogP contribution in [-0.2, 0) is 0 Å². The molecule has 1 N–H and O–H groups in total. The summed E-state index contributed by atoms with van der Waals surface area (Å²) < 4.78 is 0. The van der Waals surface area contributed by atoms with E-state index in [0.29, 0.717) is 0 Å². The number of hydrogen-bond acceptors (Lipinski definition) is 2. The summed E-state index contributed by atoms with van der Waals surface area (Å²) in [5.74, 6) is 1.00. The van der Waals surface area contributed by atoms with Crippen molar-refractivity contribution in [3.05, 3.63) is 11.6 Å². The van der Waals surface area contributed by atoms with E-state index in [1.807, 2.05) is 0 Å². The van der Waals surface area contributed by atoms with E-state index >= 15 is 0 Å². The Bertz CT molecular complexity index is 229. The zero-order valence-electron chi connectivity index (χ0n) is 10.7. The summed E-state index contributed by atoms with van der Waals surface area (Å²) in [6, 6.07) is 0. The molecular formula is C14H26N2. The Hall–Kier alpha value is -0.340. The highest BCUT2D eigenvalue weighted by atomic mass is 15.1. The maximum atomic E-state index is 3.44. The average Bonchev–Trinajstić information content (AvgIpc) is 2.30. The minimum absolute atomic E-state index is 1.00. The Morgan fingerprint density at radius 3 is 2.94 bits per heavy atom. The summed E-state index contributed by atoms with van der Waals surface area (Å²) in [7, 11) is 0. The van der Waals surface area contributed by atoms with Crippen molar-refractivity contribution >= 4 is 0 Å². The summed E-state index contributed by atoms with van der Waals surface area (Å²) in [5, 5.41) is 3.44. The summed E-state index contributed by atoms with van der Waals surface area (Å²) in [5.41, 5.74) is 1.56. The maximum absolute atomic E-state index is 3.44. The summed E-state index contributed by atoms with van der Waals surface area (Å²) >= 11 is 0. The lowest BCUT2D eigenvalue weighted by Gasteiger charge is -2.27. The zero-order chi connectivity index (χ0) is 11.2. The van der Waals surface area contributed by atoms with Crippen LogP contribution < -0.4 is 5.32 Å². The molecule has 2 rings (SSSR count). The van der Waals surface area contributed by atoms with Crippen LogP contribution in [-0.4, -0.2) is 37.6 Å². The minimum Gasteiger partial charge on any atom is -0.317 e. The van der Waals surface area contributed by atoms with Crippen molar-refractivity contribution < 1.29 is 0 Å². The van der Waals surface area contributed by atoms with Gasteiger partial charge in [0.2, 0.25) is 0 Å². The van der Waals surface area contributed by atoms with Gasteiger partial charge in [-0.2, -0.15) is 0 Å². The van der Waals surface area contributed by atoms with Crippen LogP contribution in [0.3, 0.4) is 0 Å². The smallest absolute Gasteiger partial charge is 0.0190 e. The first-order valence-electron chi connectivity index (χ1n) is 6.93. The Balaban J connectivity index is 1.58. The van der Waals surface area contributed by atoms with E-state index < -0.39 is 0 Å². The van der Waals surface area contributed by atoms with Gasteiger partial charge in [0.25, 0.3) is 0 Å². The molecule has 0 aromatic carbocycles. The van der Waals surface area contributed by atoms with Gasteiger partial charge in [-0.1, -0.05) is 11.6 Å². The van der Waals surface area contributed by atoms with Crippen molar-refractivity contribution in [2.45, 2.75) is 39.0 Å². The van der Waals surface area contributed by atoms with Gasteiger partial charge in [0.05, 0.1) is 0 Å². The molecule has 0 saturated carbocycles. The van der Waals surface area contributed by atoms with Gasteiger partial charge in [-0.3, -0.25) is 4.90 Å². The van der Waals surface area contributed by atoms with E-state index in [2.05, 4.69) is 23.2 Å². The van der Waals surface area contributed by atoms with Crippen LogP contribution in [0.4, 0.5) is 0 Å². The molecule has 0 unspecified atom stereocenters. The highest BCUT2D eigenvalue weighted by Gasteiger charge is 2.14. The van der Waals surface area contributed by atoms with Crippen molar-refractivity contribution in [3.63, 3.8) is 0 Å². The fourth-order valence-corrected chi connectivity index (χ4v) is 2.95. The second kappa shape index (κ2) is 6.41. The molecule has 92 valence electrons. The minimum atomic E-state index is 1.00. The first kappa shape index (κ1) is 12.1. The van der Waals surface area contributed by atoms with E-state index in [4.69, 9.17) is 0 Å². The number of piperidine rings is 1. The Labute approximate surface area is 100 Å². The molecule has 1 fully saturated rings. The predicted octanol–water partition coefficient (Wildman–Crippen LogP) is 2.42. The third-order valence-electron chi connectivity index (χ3n) is 3.96. The van der Waals surface area contributed by atoms with Gasteiger partial charge < -0.3 is 5.32 Å². The van der Waals surface area contributed by atoms with Gasteiger partial charge >= 0.3 is 0 Å². The van der Waals surface area contributed by atoms with Crippen LogP contribution in [0.25, 0.3) is 0 Å². The van der Waals surface area contributed by atoms with Crippen LogP contribution in [0, 0.1) is 5.92 Å². The van der Waals surface area contributed by atoms with Crippen LogP contribution in [0.5, 0.6) is 0 Å². The van der Waals surface area contributed by atoms with Crippen molar-refractivity contribution in [2.75, 3.05) is 32.7 Å². The molecular weight excluding hydrogens is 196 g/mol. The second-order valence-corrected chi connectivity index (χ2v) is 5.45. The summed E-state index contributed by atoms with van der Waals surface area (Å²) in [4.78, 5) is 2.62. The molecule has 0 amide bonds. The van der Waals surface area contributed by atoms with Crippen LogP contribution in [0.2, 0.25) is 0 Å². The van der Waals surface area contributed by atoms with Gasteiger partial charge in [-0.15, -0.1) is 0 Å². The normalized spacial score (nSPS) is 24.4. The molecule has 0 aromatic rings. The first-order valence-corrected chi connectivity index (χ1v) is 6.93. The van der Waals surface area contributed by atoms with Gasteiger partial charge in [0, 0.05) is 13.1 Å². The Kier molecular flexibility index (Phi) is 4.86. The molecule has 2 aliphatic heterocycles. The van der Waals surface area contributed by atoms with E-state index in [-0.39, 0.29) is 0 Å². The SMILES string of the molecule is CC1=CCCN(CCCC2CCNCC2)C1. The number of nitrogens with one attached hydrogen (secondary N) is 1. The van der Waals surface area contributed by atoms with Crippen LogP contribution >= 0.6 is 0 Å². The highest BCUT2D eigenvalue weighted by molar-refractivity contribution is 5.04. The van der Waals surface area contributed by atoms with Crippen LogP contribution in [0.15, 0.2) is 11.6 Å². The van der Waals surface area contributed by atoms with Gasteiger partial charge in [-0.25, -0.2) is 0 Å². The van der Waals surface area contributed by atoms with Crippen molar-refractivity contribution in [3.8, 4) is 0 Å². The molecule has 2 heterocycles. The van der Waals surface area contributed by atoms with E-state index in [0.717, 1.165) is 5.92 Å². The predicted molar refractivity (Wildman–Crippen MR) is 69.6 cm³/mol. The molecule has 2 heteroatoms. The highest BCUT2D eigenvalue weighted by Crippen LogP contribution is 2.18. The number of rotatable bonds is 4. The van der Waals surface area contributed by atoms with Crippen molar-refractivity contribution in [1.29, 1.82) is 0 Å². The lowest BCUT2D eigenvalue weighted by atomic mass is 9.93. The molecule has 0 aliphatic carbocycles. The Morgan fingerprint density at radius 2 is 2.19 bits per heavy atom. The second-order valence-electron chi connectivity index (χ2n) is 5.45. The van der Waals surface area contributed by atoms with E-state index in [1.54, 1.807) is 5.57 Å². The largest absolute Gasteiger partial charge is 0.317 e. The molecule has 0 aromatic heterocycles. The van der Waals surface area contributed by atoms with Gasteiger partial charge in [0.15, 0.2) is 0 Å². The molecule has 1 saturated heterocycles. The monoisotopic (exact) mass is 222 g/mol. The third-order valence-corrected chi connectivity index (χ3v) is 3.96. The number of hydrogen-bond donors (Lipinski definition) is 1. The fraction of sp³-hybridized carbons (Fsp3) is 0.857. The molecule has 16 heavy (non-hydrogen) atoms. The lowest BCUT2D eigenvalue weighted by molar-refractivity contribution is 0.263. The molecule has 0 spiro atoms. The van der Waals surface area contributed by atoms with Crippen molar-refractivity contribution in [1.82, 2.24) is 10.2 Å². The van der Waals surface area contributed by atoms with Gasteiger partial charge in [-0.05, 0) is 64.6 Å². The van der Waals surface area contributed by atoms with Crippen LogP contribution in [0.1, 0.15) is 39.0 Å². The molecule has 2 aliphatic rings. The van der Waals surface area contributed by atoms with E-state index in [1.165, 1.54) is 64.8 Å². The molecule has 0 bridgehead atoms. The van der Waals surface area contributed by atoms with Gasteiger partial charge in [0.1, 0.15) is 0 Å². The topological polar surface area (TPSA) is 15.3 Å². The summed E-state index contributed by atoms with van der Waals surface area (Å²) in [6.07, 6.45) is 9.30. The van der Waals surface area contributed by atoms with Crippen molar-refractivity contribution in [2.24, 2.45) is 5.92 Å². The maximum Gasteiger partial charge on any atom is 0.0190 e. The first-order chi connectivity index (χ1) is 7.84. The third kappa shape index (κ3) is 3.91. The standard InChI is InChI=1S/C14H26N2/c1-13-4-2-10-16(12-13)11-3-5-14-6-8-15-9-7-14/h4,14-15H,2-3,5-12H2,1H3. The fourth-order valence-electron chi connectivity index (χ4n) is 2.95. The lowest BCUT2D eigenvalue weighted by Crippen LogP contribution is -2.31. The summed E-state index contributed by atoms with van der Waals surface area (Å²) in [6.45, 7) is 8.57. The zero-order valence-corrected chi connectivity index (χ0v) is 10.7. The number of nitrogens with zero attached hydrogens (tertiary/aromatic N) is 1. The Morgan fingerprint density at radius 1 is 1.38 bits per heavy atom. The molecule has 2 nitrogen and oxygen atoms in total. The molecule has 0 radical (unpaired) electrons. The molecule has 0 atom stereocenters. The van der Waals surface area contributed by atoms with E-state index in [9.17, 15) is 0 Å². The quantitative estimate of drug-likeness (QED) is 0.735.